The number of ketones is 1. The number of carbonyl (C=O) groups is 1. The van der Waals surface area contributed by atoms with Crippen LogP contribution >= 0.6 is 15.9 Å². The van der Waals surface area contributed by atoms with Crippen molar-refractivity contribution >= 4 is 21.7 Å². The number of halogens is 2. The molecule has 0 N–H and O–H groups in total. The molecule has 76 valence electrons. The van der Waals surface area contributed by atoms with Crippen molar-refractivity contribution in [3.8, 4) is 5.75 Å². The van der Waals surface area contributed by atoms with Crippen molar-refractivity contribution in [2.75, 3.05) is 7.11 Å². The molecule has 0 aliphatic heterocycles. The molecule has 0 unspecified atom stereocenters. The summed E-state index contributed by atoms with van der Waals surface area (Å²) in [6.07, 6.45) is 0.203. The summed E-state index contributed by atoms with van der Waals surface area (Å²) in [5.74, 6) is -0.0131. The summed E-state index contributed by atoms with van der Waals surface area (Å²) < 4.78 is 18.6. The predicted octanol–water partition coefficient (Wildman–Crippen LogP) is 2.73. The van der Waals surface area contributed by atoms with Gasteiger partial charge in [-0.25, -0.2) is 4.39 Å². The first-order valence-corrected chi connectivity index (χ1v) is 4.85. The second-order valence-corrected chi connectivity index (χ2v) is 3.75. The molecule has 0 saturated carbocycles. The van der Waals surface area contributed by atoms with Gasteiger partial charge < -0.3 is 4.74 Å². The molecule has 1 aromatic rings. The van der Waals surface area contributed by atoms with E-state index in [4.69, 9.17) is 4.74 Å². The Balaban J connectivity index is 3.15. The molecule has 0 fully saturated rings. The molecule has 0 amide bonds. The van der Waals surface area contributed by atoms with Gasteiger partial charge in [0, 0.05) is 12.5 Å². The number of carbonyl (C=O) groups excluding carboxylic acids is 1. The van der Waals surface area contributed by atoms with E-state index in [-0.39, 0.29) is 12.2 Å². The van der Waals surface area contributed by atoms with Gasteiger partial charge in [0.25, 0.3) is 0 Å². The lowest BCUT2D eigenvalue weighted by Crippen LogP contribution is -1.99. The number of hydrogen-bond donors (Lipinski definition) is 0. The first-order valence-electron chi connectivity index (χ1n) is 4.06. The van der Waals surface area contributed by atoms with Crippen LogP contribution < -0.4 is 4.74 Å². The van der Waals surface area contributed by atoms with E-state index in [1.165, 1.54) is 26.2 Å². The largest absolute Gasteiger partial charge is 0.495 e. The van der Waals surface area contributed by atoms with E-state index < -0.39 is 5.82 Å². The van der Waals surface area contributed by atoms with Crippen molar-refractivity contribution in [1.29, 1.82) is 0 Å². The minimum absolute atomic E-state index is 0.0154. The standard InChI is InChI=1S/C10H10BrFO2/c1-6(13)3-7-4-8(12)5-9(14-2)10(7)11/h4-5H,3H2,1-2H3. The van der Waals surface area contributed by atoms with E-state index in [1.807, 2.05) is 0 Å². The Labute approximate surface area is 90.2 Å². The van der Waals surface area contributed by atoms with E-state index in [9.17, 15) is 9.18 Å². The lowest BCUT2D eigenvalue weighted by molar-refractivity contribution is -0.116. The number of benzene rings is 1. The van der Waals surface area contributed by atoms with E-state index in [1.54, 1.807) is 0 Å². The van der Waals surface area contributed by atoms with Crippen LogP contribution in [0.3, 0.4) is 0 Å². The monoisotopic (exact) mass is 260 g/mol. The molecule has 0 aliphatic rings. The molecule has 0 saturated heterocycles. The topological polar surface area (TPSA) is 26.3 Å². The Morgan fingerprint density at radius 3 is 2.71 bits per heavy atom. The number of hydrogen-bond acceptors (Lipinski definition) is 2. The highest BCUT2D eigenvalue weighted by molar-refractivity contribution is 9.10. The van der Waals surface area contributed by atoms with Crippen LogP contribution in [0.15, 0.2) is 16.6 Å². The highest BCUT2D eigenvalue weighted by Crippen LogP contribution is 2.30. The van der Waals surface area contributed by atoms with Crippen LogP contribution in [-0.2, 0) is 11.2 Å². The Bertz CT molecular complexity index is 363. The Morgan fingerprint density at radius 1 is 1.57 bits per heavy atom. The Morgan fingerprint density at radius 2 is 2.21 bits per heavy atom. The van der Waals surface area contributed by atoms with E-state index in [2.05, 4.69) is 15.9 Å². The van der Waals surface area contributed by atoms with Crippen molar-refractivity contribution in [1.82, 2.24) is 0 Å². The molecule has 1 rings (SSSR count). The maximum absolute atomic E-state index is 13.0. The van der Waals surface area contributed by atoms with Gasteiger partial charge in [-0.15, -0.1) is 0 Å². The van der Waals surface area contributed by atoms with Gasteiger partial charge in [-0.05, 0) is 34.5 Å². The second-order valence-electron chi connectivity index (χ2n) is 2.96. The average Bonchev–Trinajstić information content (AvgIpc) is 2.09. The second kappa shape index (κ2) is 4.55. The van der Waals surface area contributed by atoms with Crippen molar-refractivity contribution in [3.05, 3.63) is 28.0 Å². The SMILES string of the molecule is COc1cc(F)cc(CC(C)=O)c1Br. The van der Waals surface area contributed by atoms with Gasteiger partial charge in [0.15, 0.2) is 0 Å². The smallest absolute Gasteiger partial charge is 0.136 e. The summed E-state index contributed by atoms with van der Waals surface area (Å²) in [5.41, 5.74) is 0.606. The normalized spacial score (nSPS) is 10.0. The third-order valence-electron chi connectivity index (χ3n) is 1.74. The van der Waals surface area contributed by atoms with Gasteiger partial charge in [0.05, 0.1) is 11.6 Å². The fourth-order valence-electron chi connectivity index (χ4n) is 1.16. The molecule has 14 heavy (non-hydrogen) atoms. The number of ether oxygens (including phenoxy) is 1. The first kappa shape index (κ1) is 11.2. The molecule has 4 heteroatoms. The maximum Gasteiger partial charge on any atom is 0.136 e. The van der Waals surface area contributed by atoms with E-state index in [0.717, 1.165) is 0 Å². The van der Waals surface area contributed by atoms with Gasteiger partial charge in [-0.1, -0.05) is 0 Å². The molecule has 0 spiro atoms. The third kappa shape index (κ3) is 2.54. The molecule has 0 radical (unpaired) electrons. The van der Waals surface area contributed by atoms with E-state index in [0.29, 0.717) is 15.8 Å². The zero-order valence-electron chi connectivity index (χ0n) is 7.93. The first-order chi connectivity index (χ1) is 6.54. The Kier molecular flexibility index (Phi) is 3.63. The molecule has 0 atom stereocenters. The molecule has 1 aromatic carbocycles. The summed E-state index contributed by atoms with van der Waals surface area (Å²) in [6, 6.07) is 2.60. The molecular formula is C10H10BrFO2. The quantitative estimate of drug-likeness (QED) is 0.836. The lowest BCUT2D eigenvalue weighted by Gasteiger charge is -2.07. The summed E-state index contributed by atoms with van der Waals surface area (Å²) in [6.45, 7) is 1.46. The van der Waals surface area contributed by atoms with Crippen LogP contribution in [0.1, 0.15) is 12.5 Å². The summed E-state index contributed by atoms with van der Waals surface area (Å²) in [4.78, 5) is 10.9. The zero-order valence-corrected chi connectivity index (χ0v) is 9.52. The third-order valence-corrected chi connectivity index (χ3v) is 2.64. The zero-order chi connectivity index (χ0) is 10.7. The van der Waals surface area contributed by atoms with Crippen LogP contribution in [0, 0.1) is 5.82 Å². The minimum Gasteiger partial charge on any atom is -0.495 e. The van der Waals surface area contributed by atoms with Crippen LogP contribution in [0.25, 0.3) is 0 Å². The van der Waals surface area contributed by atoms with Gasteiger partial charge in [0.1, 0.15) is 17.3 Å². The van der Waals surface area contributed by atoms with Crippen LogP contribution in [0.5, 0.6) is 5.75 Å². The van der Waals surface area contributed by atoms with Crippen LogP contribution in [-0.4, -0.2) is 12.9 Å². The number of rotatable bonds is 3. The lowest BCUT2D eigenvalue weighted by atomic mass is 10.1. The van der Waals surface area contributed by atoms with Crippen LogP contribution in [0.4, 0.5) is 4.39 Å². The van der Waals surface area contributed by atoms with Crippen LogP contribution in [0.2, 0.25) is 0 Å². The summed E-state index contributed by atoms with van der Waals surface area (Å²) >= 11 is 3.26. The molecule has 0 aliphatic carbocycles. The fourth-order valence-corrected chi connectivity index (χ4v) is 1.69. The summed E-state index contributed by atoms with van der Waals surface area (Å²) in [5, 5.41) is 0. The Hall–Kier alpha value is -0.900. The number of methoxy groups -OCH3 is 1. The molecule has 0 bridgehead atoms. The highest BCUT2D eigenvalue weighted by Gasteiger charge is 2.10. The number of Topliss-reactive ketones (excluding diaryl/α,β-unsaturated/α-hetero) is 1. The molecule has 0 aromatic heterocycles. The van der Waals surface area contributed by atoms with Crippen molar-refractivity contribution in [2.45, 2.75) is 13.3 Å². The highest BCUT2D eigenvalue weighted by atomic mass is 79.9. The molecule has 2 nitrogen and oxygen atoms in total. The van der Waals surface area contributed by atoms with Crippen molar-refractivity contribution < 1.29 is 13.9 Å². The van der Waals surface area contributed by atoms with Gasteiger partial charge in [-0.2, -0.15) is 0 Å². The maximum atomic E-state index is 13.0. The average molecular weight is 261 g/mol. The molecule has 0 heterocycles. The molecular weight excluding hydrogens is 251 g/mol. The van der Waals surface area contributed by atoms with Gasteiger partial charge in [-0.3, -0.25) is 4.79 Å². The van der Waals surface area contributed by atoms with Gasteiger partial charge >= 0.3 is 0 Å². The van der Waals surface area contributed by atoms with Crippen molar-refractivity contribution in [2.24, 2.45) is 0 Å². The predicted molar refractivity (Wildman–Crippen MR) is 55.0 cm³/mol. The summed E-state index contributed by atoms with van der Waals surface area (Å²) in [7, 11) is 1.46. The van der Waals surface area contributed by atoms with E-state index >= 15 is 0 Å². The van der Waals surface area contributed by atoms with Crippen molar-refractivity contribution in [3.63, 3.8) is 0 Å². The fraction of sp³-hybridized carbons (Fsp3) is 0.300. The van der Waals surface area contributed by atoms with Gasteiger partial charge in [0.2, 0.25) is 0 Å². The minimum atomic E-state index is -0.402.